The number of benzene rings is 2. The summed E-state index contributed by atoms with van der Waals surface area (Å²) in [6.45, 7) is 7.56. The molecule has 2 aromatic carbocycles. The highest BCUT2D eigenvalue weighted by atomic mass is 35.5. The Balaban J connectivity index is 0.00000140. The van der Waals surface area contributed by atoms with Crippen LogP contribution in [0.3, 0.4) is 0 Å². The van der Waals surface area contributed by atoms with Crippen molar-refractivity contribution >= 4 is 64.8 Å². The van der Waals surface area contributed by atoms with Crippen molar-refractivity contribution in [2.75, 3.05) is 57.9 Å². The number of imidazole rings is 1. The number of rotatable bonds is 8. The fourth-order valence-electron chi connectivity index (χ4n) is 5.14. The Morgan fingerprint density at radius 2 is 1.82 bits per heavy atom. The molecule has 0 saturated carbocycles. The predicted molar refractivity (Wildman–Crippen MR) is 165 cm³/mol. The molecular weight excluding hydrogens is 559 g/mol. The SMILES string of the molecule is Cl.Cl.Cl.c1cc(NC2CCNCC2)c2nc(-n3cnc4cc(OCCCN5CCOCC5)ccc43)ccc2c1. The summed E-state index contributed by atoms with van der Waals surface area (Å²) in [4.78, 5) is 12.1. The van der Waals surface area contributed by atoms with Gasteiger partial charge in [0.2, 0.25) is 0 Å². The first-order valence-corrected chi connectivity index (χ1v) is 13.1. The van der Waals surface area contributed by atoms with E-state index in [-0.39, 0.29) is 37.2 Å². The van der Waals surface area contributed by atoms with E-state index >= 15 is 0 Å². The van der Waals surface area contributed by atoms with Crippen LogP contribution in [0.25, 0.3) is 27.8 Å². The molecule has 11 heteroatoms. The van der Waals surface area contributed by atoms with E-state index in [2.05, 4.69) is 61.5 Å². The van der Waals surface area contributed by atoms with Crippen LogP contribution in [0.15, 0.2) is 54.9 Å². The van der Waals surface area contributed by atoms with Crippen molar-refractivity contribution in [3.05, 3.63) is 54.9 Å². The average Bonchev–Trinajstić information content (AvgIpc) is 3.36. The Morgan fingerprint density at radius 1 is 1.00 bits per heavy atom. The molecule has 0 aliphatic carbocycles. The largest absolute Gasteiger partial charge is 0.493 e. The molecule has 0 radical (unpaired) electrons. The summed E-state index contributed by atoms with van der Waals surface area (Å²) in [5, 5.41) is 8.30. The molecule has 2 fully saturated rings. The first-order chi connectivity index (χ1) is 17.8. The van der Waals surface area contributed by atoms with Crippen LogP contribution in [0, 0.1) is 0 Å². The quantitative estimate of drug-likeness (QED) is 0.274. The Hall–Kier alpha value is -2.33. The lowest BCUT2D eigenvalue weighted by atomic mass is 10.1. The third kappa shape index (κ3) is 7.45. The first-order valence-electron chi connectivity index (χ1n) is 13.1. The minimum absolute atomic E-state index is 0. The second kappa shape index (κ2) is 14.9. The summed E-state index contributed by atoms with van der Waals surface area (Å²) in [6, 6.07) is 17.2. The maximum atomic E-state index is 6.03. The summed E-state index contributed by atoms with van der Waals surface area (Å²) >= 11 is 0. The normalized spacial score (nSPS) is 16.2. The summed E-state index contributed by atoms with van der Waals surface area (Å²) in [5.74, 6) is 1.72. The molecule has 2 N–H and O–H groups in total. The Bertz CT molecular complexity index is 1330. The van der Waals surface area contributed by atoms with Crippen LogP contribution in [-0.4, -0.2) is 78.0 Å². The highest BCUT2D eigenvalue weighted by Crippen LogP contribution is 2.27. The molecule has 0 amide bonds. The summed E-state index contributed by atoms with van der Waals surface area (Å²) in [6.07, 6.45) is 5.10. The van der Waals surface area contributed by atoms with E-state index < -0.39 is 0 Å². The van der Waals surface area contributed by atoms with E-state index in [9.17, 15) is 0 Å². The van der Waals surface area contributed by atoms with Crippen LogP contribution < -0.4 is 15.4 Å². The Kier molecular flexibility index (Phi) is 11.9. The van der Waals surface area contributed by atoms with E-state index in [1.807, 2.05) is 18.5 Å². The number of nitrogens with one attached hydrogen (secondary N) is 2. The zero-order valence-electron chi connectivity index (χ0n) is 21.9. The predicted octanol–water partition coefficient (Wildman–Crippen LogP) is 5.10. The molecule has 4 heterocycles. The molecule has 2 aromatic heterocycles. The molecule has 212 valence electrons. The van der Waals surface area contributed by atoms with Gasteiger partial charge in [0, 0.05) is 37.1 Å². The number of ether oxygens (including phenoxy) is 2. The molecule has 0 bridgehead atoms. The van der Waals surface area contributed by atoms with Crippen molar-refractivity contribution in [3.8, 4) is 11.6 Å². The minimum Gasteiger partial charge on any atom is -0.493 e. The summed E-state index contributed by atoms with van der Waals surface area (Å²) < 4.78 is 13.5. The van der Waals surface area contributed by atoms with Crippen molar-refractivity contribution < 1.29 is 9.47 Å². The van der Waals surface area contributed by atoms with E-state index in [0.29, 0.717) is 12.6 Å². The Morgan fingerprint density at radius 3 is 2.64 bits per heavy atom. The lowest BCUT2D eigenvalue weighted by Crippen LogP contribution is -2.37. The topological polar surface area (TPSA) is 76.5 Å². The standard InChI is InChI=1S/C28H34N6O2.3ClH/c1-3-21-5-8-27(32-28(21)24(4-1)31-22-9-11-29-12-10-22)34-20-30-25-19-23(6-7-26(25)34)36-16-2-13-33-14-17-35-18-15-33;;;/h1,3-8,19-20,22,29,31H,2,9-18H2;3*1H. The van der Waals surface area contributed by atoms with Crippen LogP contribution in [0.5, 0.6) is 5.75 Å². The average molecular weight is 596 g/mol. The first kappa shape index (κ1) is 31.2. The van der Waals surface area contributed by atoms with E-state index in [0.717, 1.165) is 104 Å². The van der Waals surface area contributed by atoms with Crippen LogP contribution >= 0.6 is 37.2 Å². The lowest BCUT2D eigenvalue weighted by molar-refractivity contribution is 0.0358. The number of halogens is 3. The maximum absolute atomic E-state index is 6.03. The van der Waals surface area contributed by atoms with Crippen molar-refractivity contribution in [3.63, 3.8) is 0 Å². The number of anilines is 1. The third-order valence-electron chi connectivity index (χ3n) is 7.16. The second-order valence-corrected chi connectivity index (χ2v) is 9.64. The number of nitrogens with zero attached hydrogens (tertiary/aromatic N) is 4. The fraction of sp³-hybridized carbons (Fsp3) is 0.429. The molecule has 2 aliphatic heterocycles. The highest BCUT2D eigenvalue weighted by molar-refractivity contribution is 5.91. The van der Waals surface area contributed by atoms with Crippen LogP contribution in [0.4, 0.5) is 5.69 Å². The molecule has 39 heavy (non-hydrogen) atoms. The molecule has 0 atom stereocenters. The van der Waals surface area contributed by atoms with Crippen molar-refractivity contribution in [2.24, 2.45) is 0 Å². The van der Waals surface area contributed by atoms with E-state index in [4.69, 9.17) is 14.5 Å². The number of hydrogen-bond donors (Lipinski definition) is 2. The van der Waals surface area contributed by atoms with Crippen LogP contribution in [0.1, 0.15) is 19.3 Å². The monoisotopic (exact) mass is 594 g/mol. The van der Waals surface area contributed by atoms with Gasteiger partial charge in [-0.2, -0.15) is 0 Å². The van der Waals surface area contributed by atoms with Gasteiger partial charge >= 0.3 is 0 Å². The number of aromatic nitrogens is 3. The van der Waals surface area contributed by atoms with E-state index in [1.165, 1.54) is 0 Å². The molecule has 0 spiro atoms. The smallest absolute Gasteiger partial charge is 0.139 e. The van der Waals surface area contributed by atoms with Crippen LogP contribution in [-0.2, 0) is 4.74 Å². The molecule has 4 aromatic rings. The molecule has 8 nitrogen and oxygen atoms in total. The van der Waals surface area contributed by atoms with E-state index in [1.54, 1.807) is 0 Å². The number of morpholine rings is 1. The second-order valence-electron chi connectivity index (χ2n) is 9.64. The number of para-hydroxylation sites is 1. The van der Waals surface area contributed by atoms with Gasteiger partial charge in [0.25, 0.3) is 0 Å². The van der Waals surface area contributed by atoms with Gasteiger partial charge in [-0.25, -0.2) is 9.97 Å². The van der Waals surface area contributed by atoms with Crippen molar-refractivity contribution in [2.45, 2.75) is 25.3 Å². The molecule has 6 rings (SSSR count). The zero-order valence-corrected chi connectivity index (χ0v) is 24.3. The maximum Gasteiger partial charge on any atom is 0.139 e. The minimum atomic E-state index is 0. The number of fused-ring (bicyclic) bond motifs is 2. The molecular formula is C28H37Cl3N6O2. The lowest BCUT2D eigenvalue weighted by Gasteiger charge is -2.26. The highest BCUT2D eigenvalue weighted by Gasteiger charge is 2.15. The Labute approximate surface area is 248 Å². The van der Waals surface area contributed by atoms with Gasteiger partial charge in [0.15, 0.2) is 0 Å². The van der Waals surface area contributed by atoms with Gasteiger partial charge in [-0.3, -0.25) is 9.47 Å². The molecule has 0 unspecified atom stereocenters. The van der Waals surface area contributed by atoms with Crippen molar-refractivity contribution in [1.82, 2.24) is 24.8 Å². The fourth-order valence-corrected chi connectivity index (χ4v) is 5.14. The van der Waals surface area contributed by atoms with Gasteiger partial charge in [-0.1, -0.05) is 12.1 Å². The van der Waals surface area contributed by atoms with Crippen LogP contribution in [0.2, 0.25) is 0 Å². The molecule has 2 saturated heterocycles. The molecule has 2 aliphatic rings. The number of pyridine rings is 1. The zero-order chi connectivity index (χ0) is 24.2. The number of piperidine rings is 1. The van der Waals surface area contributed by atoms with Gasteiger partial charge < -0.3 is 20.1 Å². The summed E-state index contributed by atoms with van der Waals surface area (Å²) in [5.41, 5.74) is 4.02. The summed E-state index contributed by atoms with van der Waals surface area (Å²) in [7, 11) is 0. The number of hydrogen-bond acceptors (Lipinski definition) is 7. The van der Waals surface area contributed by atoms with Crippen molar-refractivity contribution in [1.29, 1.82) is 0 Å². The van der Waals surface area contributed by atoms with Gasteiger partial charge in [-0.15, -0.1) is 37.2 Å². The third-order valence-corrected chi connectivity index (χ3v) is 7.16. The van der Waals surface area contributed by atoms with Gasteiger partial charge in [-0.05, 0) is 62.7 Å². The van der Waals surface area contributed by atoms with Gasteiger partial charge in [0.1, 0.15) is 17.9 Å². The van der Waals surface area contributed by atoms with Gasteiger partial charge in [0.05, 0.1) is 42.1 Å².